The average Bonchev–Trinajstić information content (AvgIpc) is 3.45. The lowest BCUT2D eigenvalue weighted by atomic mass is 10.0. The molecule has 41 heavy (non-hydrogen) atoms. The SMILES string of the molecule is Cc1ccc(N(CC(=O)N(Cc2ccc(F)cc2)[C@H](Cc2ccccc2)C(=O)NC2CCCC2)S(C)(=O)=O)cc1Cl. The topological polar surface area (TPSA) is 86.8 Å². The summed E-state index contributed by atoms with van der Waals surface area (Å²) < 4.78 is 40.5. The van der Waals surface area contributed by atoms with E-state index in [4.69, 9.17) is 11.6 Å². The van der Waals surface area contributed by atoms with Crippen molar-refractivity contribution in [2.45, 2.75) is 57.7 Å². The van der Waals surface area contributed by atoms with Crippen molar-refractivity contribution < 1.29 is 22.4 Å². The minimum Gasteiger partial charge on any atom is -0.352 e. The number of sulfonamides is 1. The molecule has 3 aromatic rings. The van der Waals surface area contributed by atoms with Crippen LogP contribution in [0, 0.1) is 12.7 Å². The molecule has 1 aliphatic carbocycles. The summed E-state index contributed by atoms with van der Waals surface area (Å²) in [5.74, 6) is -1.30. The molecule has 7 nitrogen and oxygen atoms in total. The molecule has 2 amide bonds. The van der Waals surface area contributed by atoms with Crippen LogP contribution in [0.3, 0.4) is 0 Å². The number of halogens is 2. The molecule has 3 aromatic carbocycles. The smallest absolute Gasteiger partial charge is 0.244 e. The average molecular weight is 600 g/mol. The van der Waals surface area contributed by atoms with Crippen LogP contribution in [0.2, 0.25) is 5.02 Å². The summed E-state index contributed by atoms with van der Waals surface area (Å²) in [6.07, 6.45) is 5.02. The molecule has 0 unspecified atom stereocenters. The monoisotopic (exact) mass is 599 g/mol. The van der Waals surface area contributed by atoms with E-state index in [0.29, 0.717) is 10.6 Å². The summed E-state index contributed by atoms with van der Waals surface area (Å²) in [4.78, 5) is 29.3. The molecule has 1 atom stereocenters. The van der Waals surface area contributed by atoms with E-state index < -0.39 is 34.3 Å². The van der Waals surface area contributed by atoms with Crippen molar-refractivity contribution >= 4 is 39.1 Å². The highest BCUT2D eigenvalue weighted by Crippen LogP contribution is 2.26. The zero-order valence-electron chi connectivity index (χ0n) is 23.2. The lowest BCUT2D eigenvalue weighted by molar-refractivity contribution is -0.140. The third kappa shape index (κ3) is 8.30. The van der Waals surface area contributed by atoms with Gasteiger partial charge in [0.15, 0.2) is 0 Å². The number of hydrogen-bond donors (Lipinski definition) is 1. The third-order valence-electron chi connectivity index (χ3n) is 7.36. The van der Waals surface area contributed by atoms with E-state index >= 15 is 0 Å². The molecular weight excluding hydrogens is 565 g/mol. The number of amides is 2. The zero-order valence-corrected chi connectivity index (χ0v) is 24.8. The molecule has 0 spiro atoms. The molecule has 4 rings (SSSR count). The highest BCUT2D eigenvalue weighted by molar-refractivity contribution is 7.92. The lowest BCUT2D eigenvalue weighted by Gasteiger charge is -2.34. The minimum atomic E-state index is -3.90. The number of anilines is 1. The van der Waals surface area contributed by atoms with Gasteiger partial charge < -0.3 is 10.2 Å². The molecule has 1 saturated carbocycles. The Morgan fingerprint density at radius 2 is 1.66 bits per heavy atom. The number of benzene rings is 3. The normalized spacial score (nSPS) is 14.4. The van der Waals surface area contributed by atoms with Gasteiger partial charge in [-0.1, -0.05) is 73.0 Å². The Bertz CT molecular complexity index is 1460. The van der Waals surface area contributed by atoms with Gasteiger partial charge in [0.1, 0.15) is 18.4 Å². The van der Waals surface area contributed by atoms with Crippen molar-refractivity contribution in [3.05, 3.63) is 100 Å². The van der Waals surface area contributed by atoms with Crippen LogP contribution in [0.25, 0.3) is 0 Å². The first-order valence-electron chi connectivity index (χ1n) is 13.6. The number of carbonyl (C=O) groups is 2. The van der Waals surface area contributed by atoms with E-state index in [-0.39, 0.29) is 30.6 Å². The second-order valence-electron chi connectivity index (χ2n) is 10.5. The standard InChI is InChI=1S/C31H35ClFN3O4S/c1-22-12-17-27(19-28(22)32)36(41(2,39)40)21-30(37)35(20-24-13-15-25(33)16-14-24)29(18-23-8-4-3-5-9-23)31(38)34-26-10-6-7-11-26/h3-5,8-9,12-17,19,26,29H,6-7,10-11,18,20-21H2,1-2H3,(H,34,38)/t29-/m1/s1. The van der Waals surface area contributed by atoms with Crippen LogP contribution < -0.4 is 9.62 Å². The van der Waals surface area contributed by atoms with Gasteiger partial charge >= 0.3 is 0 Å². The van der Waals surface area contributed by atoms with E-state index in [9.17, 15) is 22.4 Å². The van der Waals surface area contributed by atoms with Gasteiger partial charge in [0.05, 0.1) is 11.9 Å². The predicted molar refractivity (Wildman–Crippen MR) is 160 cm³/mol. The molecule has 1 fully saturated rings. The first kappa shape index (κ1) is 30.5. The van der Waals surface area contributed by atoms with Crippen LogP contribution in [0.1, 0.15) is 42.4 Å². The predicted octanol–water partition coefficient (Wildman–Crippen LogP) is 5.25. The summed E-state index contributed by atoms with van der Waals surface area (Å²) in [6.45, 7) is 1.24. The third-order valence-corrected chi connectivity index (χ3v) is 8.91. The fourth-order valence-electron chi connectivity index (χ4n) is 5.06. The van der Waals surface area contributed by atoms with Crippen LogP contribution in [-0.2, 0) is 32.6 Å². The molecule has 10 heteroatoms. The molecule has 0 aliphatic heterocycles. The minimum absolute atomic E-state index is 0.0129. The highest BCUT2D eigenvalue weighted by Gasteiger charge is 2.34. The first-order valence-corrected chi connectivity index (χ1v) is 15.9. The van der Waals surface area contributed by atoms with E-state index in [1.807, 2.05) is 30.3 Å². The number of aryl methyl sites for hydroxylation is 1. The fourth-order valence-corrected chi connectivity index (χ4v) is 6.07. The van der Waals surface area contributed by atoms with Gasteiger partial charge in [0.2, 0.25) is 21.8 Å². The summed E-state index contributed by atoms with van der Waals surface area (Å²) in [5.41, 5.74) is 2.46. The largest absolute Gasteiger partial charge is 0.352 e. The first-order chi connectivity index (χ1) is 19.5. The van der Waals surface area contributed by atoms with Gasteiger partial charge in [-0.2, -0.15) is 0 Å². The van der Waals surface area contributed by atoms with Gasteiger partial charge in [-0.3, -0.25) is 13.9 Å². The van der Waals surface area contributed by atoms with Crippen molar-refractivity contribution in [3.8, 4) is 0 Å². The summed E-state index contributed by atoms with van der Waals surface area (Å²) in [6, 6.07) is 18.9. The Balaban J connectivity index is 1.72. The van der Waals surface area contributed by atoms with Crippen molar-refractivity contribution in [1.82, 2.24) is 10.2 Å². The fraction of sp³-hybridized carbons (Fsp3) is 0.355. The van der Waals surface area contributed by atoms with Crippen LogP contribution in [-0.4, -0.2) is 50.0 Å². The van der Waals surface area contributed by atoms with Crippen LogP contribution in [0.4, 0.5) is 10.1 Å². The Hall–Kier alpha value is -3.43. The number of nitrogens with zero attached hydrogens (tertiary/aromatic N) is 2. The molecule has 0 aromatic heterocycles. The molecule has 1 aliphatic rings. The van der Waals surface area contributed by atoms with Crippen LogP contribution >= 0.6 is 11.6 Å². The lowest BCUT2D eigenvalue weighted by Crippen LogP contribution is -2.54. The number of rotatable bonds is 11. The van der Waals surface area contributed by atoms with Crippen molar-refractivity contribution in [2.75, 3.05) is 17.1 Å². The van der Waals surface area contributed by atoms with E-state index in [1.165, 1.54) is 23.1 Å². The van der Waals surface area contributed by atoms with Crippen molar-refractivity contribution in [2.24, 2.45) is 0 Å². The maximum absolute atomic E-state index is 14.1. The highest BCUT2D eigenvalue weighted by atomic mass is 35.5. The molecule has 0 bridgehead atoms. The van der Waals surface area contributed by atoms with Gasteiger partial charge in [-0.05, 0) is 60.7 Å². The summed E-state index contributed by atoms with van der Waals surface area (Å²) in [5, 5.41) is 3.48. The molecule has 0 saturated heterocycles. The molecule has 0 radical (unpaired) electrons. The second kappa shape index (κ2) is 13.5. The Morgan fingerprint density at radius 1 is 1.00 bits per heavy atom. The molecule has 0 heterocycles. The summed E-state index contributed by atoms with van der Waals surface area (Å²) in [7, 11) is -3.90. The van der Waals surface area contributed by atoms with E-state index in [1.54, 1.807) is 31.2 Å². The maximum Gasteiger partial charge on any atom is 0.244 e. The second-order valence-corrected chi connectivity index (χ2v) is 12.9. The number of hydrogen-bond acceptors (Lipinski definition) is 4. The van der Waals surface area contributed by atoms with Gasteiger partial charge in [0.25, 0.3) is 0 Å². The van der Waals surface area contributed by atoms with E-state index in [0.717, 1.165) is 47.4 Å². The van der Waals surface area contributed by atoms with Gasteiger partial charge in [-0.15, -0.1) is 0 Å². The van der Waals surface area contributed by atoms with Crippen molar-refractivity contribution in [3.63, 3.8) is 0 Å². The number of carbonyl (C=O) groups excluding carboxylic acids is 2. The van der Waals surface area contributed by atoms with Gasteiger partial charge in [0, 0.05) is 24.0 Å². The Kier molecular flexibility index (Phi) is 10.0. The molecular formula is C31H35ClFN3O4S. The molecule has 218 valence electrons. The Morgan fingerprint density at radius 3 is 2.27 bits per heavy atom. The quantitative estimate of drug-likeness (QED) is 0.326. The number of nitrogens with one attached hydrogen (secondary N) is 1. The van der Waals surface area contributed by atoms with Crippen LogP contribution in [0.5, 0.6) is 0 Å². The zero-order chi connectivity index (χ0) is 29.6. The summed E-state index contributed by atoms with van der Waals surface area (Å²) >= 11 is 6.29. The van der Waals surface area contributed by atoms with E-state index in [2.05, 4.69) is 5.32 Å². The van der Waals surface area contributed by atoms with Gasteiger partial charge in [-0.25, -0.2) is 12.8 Å². The Labute approximate surface area is 246 Å². The van der Waals surface area contributed by atoms with Crippen molar-refractivity contribution in [1.29, 1.82) is 0 Å². The molecule has 1 N–H and O–H groups in total. The maximum atomic E-state index is 14.1. The van der Waals surface area contributed by atoms with Crippen LogP contribution in [0.15, 0.2) is 72.8 Å².